The molecular weight excluding hydrogens is 476 g/mol. The van der Waals surface area contributed by atoms with E-state index in [1.54, 1.807) is 18.2 Å². The smallest absolute Gasteiger partial charge is 0.254 e. The molecule has 0 radical (unpaired) electrons. The number of aliphatic hydroxyl groups excluding tert-OH is 1. The molecule has 36 heavy (non-hydrogen) atoms. The summed E-state index contributed by atoms with van der Waals surface area (Å²) in [6, 6.07) is 23.6. The van der Waals surface area contributed by atoms with Gasteiger partial charge in [0.2, 0.25) is 0 Å². The molecule has 0 unspecified atom stereocenters. The summed E-state index contributed by atoms with van der Waals surface area (Å²) in [5.74, 6) is -1.09. The molecule has 1 aliphatic carbocycles. The Kier molecular flexibility index (Phi) is 7.37. The van der Waals surface area contributed by atoms with Gasteiger partial charge in [-0.2, -0.15) is 0 Å². The average molecular weight is 505 g/mol. The third-order valence-corrected chi connectivity index (χ3v) is 7.44. The highest BCUT2D eigenvalue weighted by atomic mass is 35.5. The van der Waals surface area contributed by atoms with E-state index in [9.17, 15) is 14.7 Å². The van der Waals surface area contributed by atoms with Crippen molar-refractivity contribution in [3.05, 3.63) is 106 Å². The molecule has 6 nitrogen and oxygen atoms in total. The summed E-state index contributed by atoms with van der Waals surface area (Å²) < 4.78 is 0. The van der Waals surface area contributed by atoms with Crippen LogP contribution >= 0.6 is 11.6 Å². The van der Waals surface area contributed by atoms with E-state index in [1.807, 2.05) is 65.6 Å². The molecule has 1 saturated carbocycles. The number of amides is 2. The van der Waals surface area contributed by atoms with E-state index in [2.05, 4.69) is 5.48 Å². The fraction of sp³-hybridized carbons (Fsp3) is 0.310. The van der Waals surface area contributed by atoms with E-state index in [4.69, 9.17) is 16.4 Å². The molecule has 0 aromatic heterocycles. The van der Waals surface area contributed by atoms with Gasteiger partial charge in [-0.1, -0.05) is 72.3 Å². The van der Waals surface area contributed by atoms with Crippen molar-refractivity contribution in [1.29, 1.82) is 0 Å². The van der Waals surface area contributed by atoms with Gasteiger partial charge in [0.05, 0.1) is 24.7 Å². The summed E-state index contributed by atoms with van der Waals surface area (Å²) in [6.45, 7) is 0.232. The van der Waals surface area contributed by atoms with Gasteiger partial charge in [-0.05, 0) is 60.6 Å². The molecular formula is C29H29ClN2O4. The molecule has 0 bridgehead atoms. The molecule has 0 spiro atoms. The molecule has 3 aromatic rings. The van der Waals surface area contributed by atoms with Gasteiger partial charge >= 0.3 is 0 Å². The van der Waals surface area contributed by atoms with Crippen LogP contribution < -0.4 is 5.48 Å². The second-order valence-corrected chi connectivity index (χ2v) is 9.91. The number of hydrogen-bond acceptors (Lipinski definition) is 4. The maximum Gasteiger partial charge on any atom is 0.254 e. The highest BCUT2D eigenvalue weighted by Crippen LogP contribution is 2.46. The van der Waals surface area contributed by atoms with Crippen LogP contribution in [0, 0.1) is 0 Å². The summed E-state index contributed by atoms with van der Waals surface area (Å²) >= 11 is 6.18. The fourth-order valence-electron chi connectivity index (χ4n) is 5.41. The van der Waals surface area contributed by atoms with E-state index >= 15 is 0 Å². The van der Waals surface area contributed by atoms with Crippen molar-refractivity contribution in [3.63, 3.8) is 0 Å². The predicted octanol–water partition coefficient (Wildman–Crippen LogP) is 5.17. The monoisotopic (exact) mass is 504 g/mol. The van der Waals surface area contributed by atoms with Crippen molar-refractivity contribution >= 4 is 23.4 Å². The summed E-state index contributed by atoms with van der Waals surface area (Å²) in [7, 11) is 0. The van der Waals surface area contributed by atoms with Gasteiger partial charge in [0.15, 0.2) is 0 Å². The predicted molar refractivity (Wildman–Crippen MR) is 137 cm³/mol. The highest BCUT2D eigenvalue weighted by Gasteiger charge is 2.47. The zero-order valence-corrected chi connectivity index (χ0v) is 20.6. The second-order valence-electron chi connectivity index (χ2n) is 9.48. The zero-order valence-electron chi connectivity index (χ0n) is 19.8. The van der Waals surface area contributed by atoms with E-state index in [0.717, 1.165) is 11.1 Å². The second kappa shape index (κ2) is 10.8. The Morgan fingerprint density at radius 2 is 1.61 bits per heavy atom. The van der Waals surface area contributed by atoms with E-state index in [1.165, 1.54) is 0 Å². The van der Waals surface area contributed by atoms with Crippen molar-refractivity contribution in [1.82, 2.24) is 10.4 Å². The van der Waals surface area contributed by atoms with Crippen LogP contribution in [0.4, 0.5) is 0 Å². The summed E-state index contributed by atoms with van der Waals surface area (Å²) in [6.07, 6.45) is 2.25. The van der Waals surface area contributed by atoms with Crippen molar-refractivity contribution < 1.29 is 19.5 Å². The number of carbonyl (C=O) groups is 2. The normalized spacial score (nSPS) is 23.7. The van der Waals surface area contributed by atoms with E-state index < -0.39 is 12.0 Å². The Morgan fingerprint density at radius 3 is 2.33 bits per heavy atom. The average Bonchev–Trinajstić information content (AvgIpc) is 2.90. The molecule has 2 aliphatic rings. The van der Waals surface area contributed by atoms with E-state index in [0.29, 0.717) is 41.8 Å². The number of rotatable bonds is 6. The fourth-order valence-corrected chi connectivity index (χ4v) is 5.54. The molecule has 1 heterocycles. The van der Waals surface area contributed by atoms with Crippen LogP contribution in [0.1, 0.15) is 64.7 Å². The van der Waals surface area contributed by atoms with Crippen LogP contribution in [-0.2, 0) is 16.2 Å². The Bertz CT molecular complexity index is 1210. The van der Waals surface area contributed by atoms with Crippen LogP contribution in [0.15, 0.2) is 78.9 Å². The lowest BCUT2D eigenvalue weighted by atomic mass is 9.77. The van der Waals surface area contributed by atoms with Crippen molar-refractivity contribution in [2.45, 2.75) is 56.4 Å². The van der Waals surface area contributed by atoms with Gasteiger partial charge < -0.3 is 10.0 Å². The molecule has 186 valence electrons. The number of nitrogens with zero attached hydrogens (tertiary/aromatic N) is 1. The SMILES string of the molecule is O=C(NOCc1ccccc1)[C@@H]1c2ccccc2C(=O)N(C2CCC(O)CC2)[C@H]1c1ccc(Cl)cc1. The third-order valence-electron chi connectivity index (χ3n) is 7.18. The lowest BCUT2D eigenvalue weighted by molar-refractivity contribution is -0.138. The topological polar surface area (TPSA) is 78.9 Å². The van der Waals surface area contributed by atoms with Gasteiger partial charge in [-0.25, -0.2) is 5.48 Å². The Labute approximate surface area is 215 Å². The minimum atomic E-state index is -0.678. The first-order chi connectivity index (χ1) is 17.5. The molecule has 5 rings (SSSR count). The number of fused-ring (bicyclic) bond motifs is 1. The van der Waals surface area contributed by atoms with Gasteiger partial charge in [-0.3, -0.25) is 14.4 Å². The number of halogens is 1. The quantitative estimate of drug-likeness (QED) is 0.454. The Balaban J connectivity index is 1.52. The molecule has 7 heteroatoms. The standard InChI is InChI=1S/C29H29ClN2O4/c30-21-12-10-20(11-13-21)27-26(28(34)31-36-18-19-6-2-1-3-7-19)24-8-4-5-9-25(24)29(35)32(27)22-14-16-23(33)17-15-22/h1-13,22-23,26-27,33H,14-18H2,(H,31,34)/t22?,23?,26-,27+/m1/s1. The summed E-state index contributed by atoms with van der Waals surface area (Å²) in [4.78, 5) is 35.1. The molecule has 1 aliphatic heterocycles. The molecule has 3 aromatic carbocycles. The highest BCUT2D eigenvalue weighted by molar-refractivity contribution is 6.30. The molecule has 1 fully saturated rings. The minimum Gasteiger partial charge on any atom is -0.393 e. The van der Waals surface area contributed by atoms with Crippen LogP contribution in [0.25, 0.3) is 0 Å². The van der Waals surface area contributed by atoms with Crippen LogP contribution in [0.2, 0.25) is 5.02 Å². The number of hydrogen-bond donors (Lipinski definition) is 2. The van der Waals surface area contributed by atoms with Gasteiger partial charge in [0.25, 0.3) is 11.8 Å². The largest absolute Gasteiger partial charge is 0.393 e. The third kappa shape index (κ3) is 5.03. The zero-order chi connectivity index (χ0) is 25.1. The van der Waals surface area contributed by atoms with Crippen LogP contribution in [0.5, 0.6) is 0 Å². The number of hydroxylamine groups is 1. The van der Waals surface area contributed by atoms with E-state index in [-0.39, 0.29) is 30.6 Å². The van der Waals surface area contributed by atoms with Gasteiger partial charge in [0, 0.05) is 16.6 Å². The number of aliphatic hydroxyl groups is 1. The van der Waals surface area contributed by atoms with Crippen molar-refractivity contribution in [2.75, 3.05) is 0 Å². The van der Waals surface area contributed by atoms with Crippen molar-refractivity contribution in [3.8, 4) is 0 Å². The first kappa shape index (κ1) is 24.5. The van der Waals surface area contributed by atoms with Gasteiger partial charge in [-0.15, -0.1) is 0 Å². The number of nitrogens with one attached hydrogen (secondary N) is 1. The Morgan fingerprint density at radius 1 is 0.944 bits per heavy atom. The molecule has 2 N–H and O–H groups in total. The minimum absolute atomic E-state index is 0.0875. The maximum absolute atomic E-state index is 13.9. The maximum atomic E-state index is 13.9. The summed E-state index contributed by atoms with van der Waals surface area (Å²) in [5, 5.41) is 10.7. The summed E-state index contributed by atoms with van der Waals surface area (Å²) in [5.41, 5.74) is 5.63. The number of carbonyl (C=O) groups excluding carboxylic acids is 2. The van der Waals surface area contributed by atoms with Crippen molar-refractivity contribution in [2.24, 2.45) is 0 Å². The lowest BCUT2D eigenvalue weighted by Gasteiger charge is -2.47. The molecule has 2 amide bonds. The van der Waals surface area contributed by atoms with Crippen LogP contribution in [0.3, 0.4) is 0 Å². The van der Waals surface area contributed by atoms with Gasteiger partial charge in [0.1, 0.15) is 0 Å². The Hall–Kier alpha value is -3.19. The molecule has 2 atom stereocenters. The first-order valence-corrected chi connectivity index (χ1v) is 12.7. The first-order valence-electron chi connectivity index (χ1n) is 12.3. The van der Waals surface area contributed by atoms with Crippen LogP contribution in [-0.4, -0.2) is 34.0 Å². The lowest BCUT2D eigenvalue weighted by Crippen LogP contribution is -2.52. The number of benzene rings is 3. The molecule has 0 saturated heterocycles.